The minimum atomic E-state index is -0.0707. The molecule has 1 aromatic carbocycles. The molecule has 1 amide bonds. The lowest BCUT2D eigenvalue weighted by atomic mass is 10.2. The summed E-state index contributed by atoms with van der Waals surface area (Å²) < 4.78 is 0. The molecule has 0 bridgehead atoms. The molecule has 1 aromatic rings. The standard InChI is InChI=1S/C10H11Cl2NO/c11-6-5-10(14)13-9-3-1-8(7-12)2-4-9/h1-4H,5-7H2,(H,13,14). The Kier molecular flexibility index (Phi) is 4.77. The van der Waals surface area contributed by atoms with E-state index >= 15 is 0 Å². The molecule has 1 rings (SSSR count). The quantitative estimate of drug-likeness (QED) is 0.794. The maximum absolute atomic E-state index is 11.1. The Hall–Kier alpha value is -0.730. The van der Waals surface area contributed by atoms with Gasteiger partial charge < -0.3 is 5.32 Å². The van der Waals surface area contributed by atoms with E-state index in [1.807, 2.05) is 24.3 Å². The molecule has 1 N–H and O–H groups in total. The van der Waals surface area contributed by atoms with Gasteiger partial charge in [0.2, 0.25) is 5.91 Å². The second-order valence-electron chi connectivity index (χ2n) is 2.82. The van der Waals surface area contributed by atoms with Gasteiger partial charge in [0.25, 0.3) is 0 Å². The van der Waals surface area contributed by atoms with Crippen molar-refractivity contribution in [1.82, 2.24) is 0 Å². The van der Waals surface area contributed by atoms with Gasteiger partial charge in [-0.05, 0) is 17.7 Å². The zero-order chi connectivity index (χ0) is 10.4. The Morgan fingerprint density at radius 3 is 2.36 bits per heavy atom. The third-order valence-corrected chi connectivity index (χ3v) is 2.21. The molecule has 0 spiro atoms. The van der Waals surface area contributed by atoms with Crippen LogP contribution in [0.3, 0.4) is 0 Å². The molecule has 0 aliphatic rings. The van der Waals surface area contributed by atoms with E-state index in [0.717, 1.165) is 11.3 Å². The number of benzene rings is 1. The predicted octanol–water partition coefficient (Wildman–Crippen LogP) is 2.99. The minimum absolute atomic E-state index is 0.0707. The first kappa shape index (κ1) is 11.3. The van der Waals surface area contributed by atoms with Gasteiger partial charge >= 0.3 is 0 Å². The van der Waals surface area contributed by atoms with E-state index in [-0.39, 0.29) is 5.91 Å². The summed E-state index contributed by atoms with van der Waals surface area (Å²) in [5, 5.41) is 2.73. The van der Waals surface area contributed by atoms with Gasteiger partial charge in [-0.15, -0.1) is 23.2 Å². The van der Waals surface area contributed by atoms with Crippen molar-refractivity contribution in [3.63, 3.8) is 0 Å². The summed E-state index contributed by atoms with van der Waals surface area (Å²) in [6.07, 6.45) is 0.332. The SMILES string of the molecule is O=C(CCCl)Nc1ccc(CCl)cc1. The van der Waals surface area contributed by atoms with E-state index in [9.17, 15) is 4.79 Å². The van der Waals surface area contributed by atoms with Crippen molar-refractivity contribution in [2.45, 2.75) is 12.3 Å². The average Bonchev–Trinajstić information content (AvgIpc) is 2.19. The van der Waals surface area contributed by atoms with Gasteiger partial charge in [-0.1, -0.05) is 12.1 Å². The van der Waals surface area contributed by atoms with Crippen molar-refractivity contribution in [1.29, 1.82) is 0 Å². The second kappa shape index (κ2) is 5.89. The number of carbonyl (C=O) groups excluding carboxylic acids is 1. The number of halogens is 2. The number of anilines is 1. The van der Waals surface area contributed by atoms with E-state index in [0.29, 0.717) is 18.2 Å². The van der Waals surface area contributed by atoms with Crippen molar-refractivity contribution < 1.29 is 4.79 Å². The highest BCUT2D eigenvalue weighted by Gasteiger charge is 2.00. The van der Waals surface area contributed by atoms with Crippen molar-refractivity contribution in [2.75, 3.05) is 11.2 Å². The fourth-order valence-corrected chi connectivity index (χ4v) is 1.34. The van der Waals surface area contributed by atoms with E-state index in [1.165, 1.54) is 0 Å². The fourth-order valence-electron chi connectivity index (χ4n) is 0.986. The van der Waals surface area contributed by atoms with Gasteiger partial charge in [0.15, 0.2) is 0 Å². The molecule has 76 valence electrons. The van der Waals surface area contributed by atoms with Gasteiger partial charge in [-0.25, -0.2) is 0 Å². The maximum atomic E-state index is 11.1. The molecule has 4 heteroatoms. The summed E-state index contributed by atoms with van der Waals surface area (Å²) in [5.41, 5.74) is 1.80. The van der Waals surface area contributed by atoms with Crippen LogP contribution in [0.25, 0.3) is 0 Å². The zero-order valence-electron chi connectivity index (χ0n) is 7.59. The van der Waals surface area contributed by atoms with Crippen molar-refractivity contribution >= 4 is 34.8 Å². The largest absolute Gasteiger partial charge is 0.326 e. The minimum Gasteiger partial charge on any atom is -0.326 e. The lowest BCUT2D eigenvalue weighted by molar-refractivity contribution is -0.115. The summed E-state index contributed by atoms with van der Waals surface area (Å²) >= 11 is 11.1. The van der Waals surface area contributed by atoms with Crippen LogP contribution in [0.5, 0.6) is 0 Å². The van der Waals surface area contributed by atoms with Gasteiger partial charge in [0, 0.05) is 23.9 Å². The maximum Gasteiger partial charge on any atom is 0.225 e. The van der Waals surface area contributed by atoms with Crippen molar-refractivity contribution in [3.8, 4) is 0 Å². The molecule has 0 unspecified atom stereocenters. The first-order valence-corrected chi connectivity index (χ1v) is 5.34. The Morgan fingerprint density at radius 2 is 1.86 bits per heavy atom. The molecule has 2 nitrogen and oxygen atoms in total. The van der Waals surface area contributed by atoms with Crippen LogP contribution < -0.4 is 5.32 Å². The molecule has 0 radical (unpaired) electrons. The van der Waals surface area contributed by atoms with Crippen molar-refractivity contribution in [3.05, 3.63) is 29.8 Å². The molecule has 0 aliphatic carbocycles. The Morgan fingerprint density at radius 1 is 1.21 bits per heavy atom. The molecule has 0 aliphatic heterocycles. The van der Waals surface area contributed by atoms with Crippen LogP contribution in [0, 0.1) is 0 Å². The number of hydrogen-bond donors (Lipinski definition) is 1. The lowest BCUT2D eigenvalue weighted by Crippen LogP contribution is -2.11. The average molecular weight is 232 g/mol. The Balaban J connectivity index is 2.55. The van der Waals surface area contributed by atoms with E-state index in [2.05, 4.69) is 5.32 Å². The van der Waals surface area contributed by atoms with Crippen LogP contribution in [-0.2, 0) is 10.7 Å². The third kappa shape index (κ3) is 3.56. The molecule has 0 atom stereocenters. The Bertz CT molecular complexity index is 297. The monoisotopic (exact) mass is 231 g/mol. The highest BCUT2D eigenvalue weighted by atomic mass is 35.5. The number of rotatable bonds is 4. The Labute approximate surface area is 93.2 Å². The van der Waals surface area contributed by atoms with Crippen LogP contribution in [0.2, 0.25) is 0 Å². The van der Waals surface area contributed by atoms with Crippen LogP contribution in [0.1, 0.15) is 12.0 Å². The zero-order valence-corrected chi connectivity index (χ0v) is 9.11. The van der Waals surface area contributed by atoms with Gasteiger partial charge in [0.05, 0.1) is 0 Å². The molecule has 0 heterocycles. The van der Waals surface area contributed by atoms with E-state index in [1.54, 1.807) is 0 Å². The third-order valence-electron chi connectivity index (χ3n) is 1.71. The van der Waals surface area contributed by atoms with Crippen LogP contribution in [-0.4, -0.2) is 11.8 Å². The first-order valence-electron chi connectivity index (χ1n) is 4.27. The predicted molar refractivity (Wildman–Crippen MR) is 60.0 cm³/mol. The van der Waals surface area contributed by atoms with E-state index in [4.69, 9.17) is 23.2 Å². The fraction of sp³-hybridized carbons (Fsp3) is 0.300. The highest BCUT2D eigenvalue weighted by Crippen LogP contribution is 2.11. The van der Waals surface area contributed by atoms with Crippen LogP contribution in [0.15, 0.2) is 24.3 Å². The lowest BCUT2D eigenvalue weighted by Gasteiger charge is -2.04. The summed E-state index contributed by atoms with van der Waals surface area (Å²) in [4.78, 5) is 11.1. The summed E-state index contributed by atoms with van der Waals surface area (Å²) in [7, 11) is 0. The van der Waals surface area contributed by atoms with Gasteiger partial charge in [0.1, 0.15) is 0 Å². The van der Waals surface area contributed by atoms with E-state index < -0.39 is 0 Å². The molecule has 0 saturated heterocycles. The smallest absolute Gasteiger partial charge is 0.225 e. The second-order valence-corrected chi connectivity index (χ2v) is 3.46. The highest BCUT2D eigenvalue weighted by molar-refractivity contribution is 6.19. The van der Waals surface area contributed by atoms with Gasteiger partial charge in [-0.3, -0.25) is 4.79 Å². The number of hydrogen-bond acceptors (Lipinski definition) is 1. The summed E-state index contributed by atoms with van der Waals surface area (Å²) in [5.74, 6) is 0.750. The van der Waals surface area contributed by atoms with Gasteiger partial charge in [-0.2, -0.15) is 0 Å². The first-order chi connectivity index (χ1) is 6.76. The summed E-state index contributed by atoms with van der Waals surface area (Å²) in [6.45, 7) is 0. The molecular weight excluding hydrogens is 221 g/mol. The molecule has 0 saturated carbocycles. The van der Waals surface area contributed by atoms with Crippen molar-refractivity contribution in [2.24, 2.45) is 0 Å². The molecule has 14 heavy (non-hydrogen) atoms. The number of alkyl halides is 2. The summed E-state index contributed by atoms with van der Waals surface area (Å²) in [6, 6.07) is 7.40. The number of nitrogens with one attached hydrogen (secondary N) is 1. The molecular formula is C10H11Cl2NO. The topological polar surface area (TPSA) is 29.1 Å². The molecule has 0 fully saturated rings. The number of amides is 1. The molecule has 0 aromatic heterocycles. The number of carbonyl (C=O) groups is 1. The normalized spacial score (nSPS) is 9.86. The van der Waals surface area contributed by atoms with Crippen LogP contribution in [0.4, 0.5) is 5.69 Å². The van der Waals surface area contributed by atoms with Crippen LogP contribution >= 0.6 is 23.2 Å².